The molecule has 0 rings (SSSR count). The molecule has 0 aromatic heterocycles. The van der Waals surface area contributed by atoms with Crippen LogP contribution in [0.25, 0.3) is 0 Å². The van der Waals surface area contributed by atoms with Gasteiger partial charge in [-0.05, 0) is 12.2 Å². The van der Waals surface area contributed by atoms with Crippen LogP contribution in [0.3, 0.4) is 0 Å². The molecule has 0 atom stereocenters. The first-order valence-corrected chi connectivity index (χ1v) is 4.65. The first kappa shape index (κ1) is 13.6. The molecule has 2 N–H and O–H groups in total. The molecule has 0 radical (unpaired) electrons. The molecule has 0 spiro atoms. The number of thiocarbonyl (C=S) groups is 1. The molecule has 6 nitrogen and oxygen atoms in total. The van der Waals surface area contributed by atoms with Gasteiger partial charge in [-0.2, -0.15) is 0 Å². The fourth-order valence-corrected chi connectivity index (χ4v) is 1.08. The Labute approximate surface area is 93.1 Å². The molecule has 0 saturated heterocycles. The van der Waals surface area contributed by atoms with Crippen LogP contribution in [0.5, 0.6) is 0 Å². The molecule has 86 valence electrons. The lowest BCUT2D eigenvalue weighted by Gasteiger charge is -2.26. The van der Waals surface area contributed by atoms with Crippen molar-refractivity contribution < 1.29 is 19.8 Å². The van der Waals surface area contributed by atoms with E-state index < -0.39 is 11.9 Å². The van der Waals surface area contributed by atoms with Crippen LogP contribution in [-0.2, 0) is 9.59 Å². The number of aliphatic carboxylic acids is 2. The van der Waals surface area contributed by atoms with E-state index in [0.29, 0.717) is 5.11 Å². The van der Waals surface area contributed by atoms with Crippen LogP contribution in [0.1, 0.15) is 6.42 Å². The molecular formula is C8H14N2O4S. The summed E-state index contributed by atoms with van der Waals surface area (Å²) in [6.45, 7) is 0.0639. The van der Waals surface area contributed by atoms with Gasteiger partial charge in [0, 0.05) is 20.6 Å². The van der Waals surface area contributed by atoms with E-state index >= 15 is 0 Å². The van der Waals surface area contributed by atoms with Gasteiger partial charge in [0.05, 0.1) is 6.42 Å². The molecule has 0 heterocycles. The molecule has 0 fully saturated rings. The molecule has 0 aliphatic carbocycles. The molecule has 7 heteroatoms. The number of likely N-dealkylation sites (N-methyl/N-ethyl adjacent to an activating group) is 1. The molecule has 0 aromatic rings. The number of hydrogen-bond acceptors (Lipinski definition) is 3. The van der Waals surface area contributed by atoms with Crippen molar-refractivity contribution in [3.05, 3.63) is 0 Å². The SMILES string of the molecule is CN(CCC(=O)O)C(=S)N(C)CC(=O)O. The number of carboxylic acids is 2. The minimum absolute atomic E-state index is 0.0302. The molecule has 15 heavy (non-hydrogen) atoms. The molecule has 0 unspecified atom stereocenters. The summed E-state index contributed by atoms with van der Waals surface area (Å²) in [6.07, 6.45) is -0.0302. The Morgan fingerprint density at radius 3 is 2.07 bits per heavy atom. The van der Waals surface area contributed by atoms with Gasteiger partial charge in [-0.25, -0.2) is 0 Å². The lowest BCUT2D eigenvalue weighted by molar-refractivity contribution is -0.138. The van der Waals surface area contributed by atoms with E-state index in [1.54, 1.807) is 14.1 Å². The van der Waals surface area contributed by atoms with Gasteiger partial charge in [-0.3, -0.25) is 9.59 Å². The van der Waals surface area contributed by atoms with Crippen LogP contribution in [0.2, 0.25) is 0 Å². The Morgan fingerprint density at radius 1 is 1.13 bits per heavy atom. The first-order chi connectivity index (χ1) is 6.84. The van der Waals surface area contributed by atoms with Crippen LogP contribution >= 0.6 is 12.2 Å². The van der Waals surface area contributed by atoms with E-state index in [-0.39, 0.29) is 19.5 Å². The van der Waals surface area contributed by atoms with Gasteiger partial charge < -0.3 is 20.0 Å². The maximum Gasteiger partial charge on any atom is 0.323 e. The minimum atomic E-state index is -0.980. The van der Waals surface area contributed by atoms with Crippen molar-refractivity contribution in [3.63, 3.8) is 0 Å². The van der Waals surface area contributed by atoms with Gasteiger partial charge in [0.25, 0.3) is 0 Å². The van der Waals surface area contributed by atoms with Crippen molar-refractivity contribution in [2.24, 2.45) is 0 Å². The third kappa shape index (κ3) is 5.84. The van der Waals surface area contributed by atoms with E-state index in [9.17, 15) is 9.59 Å². The van der Waals surface area contributed by atoms with E-state index in [4.69, 9.17) is 22.4 Å². The lowest BCUT2D eigenvalue weighted by atomic mass is 10.4. The average Bonchev–Trinajstić information content (AvgIpc) is 2.11. The van der Waals surface area contributed by atoms with Gasteiger partial charge >= 0.3 is 11.9 Å². The molecule has 0 aliphatic heterocycles. The maximum absolute atomic E-state index is 10.4. The summed E-state index contributed by atoms with van der Waals surface area (Å²) in [5.74, 6) is -1.89. The third-order valence-electron chi connectivity index (χ3n) is 1.69. The summed E-state index contributed by atoms with van der Waals surface area (Å²) in [7, 11) is 3.18. The lowest BCUT2D eigenvalue weighted by Crippen LogP contribution is -2.41. The molecule has 0 aliphatic rings. The molecule has 0 saturated carbocycles. The van der Waals surface area contributed by atoms with Crippen LogP contribution in [0.15, 0.2) is 0 Å². The van der Waals surface area contributed by atoms with Gasteiger partial charge in [0.2, 0.25) is 0 Å². The first-order valence-electron chi connectivity index (χ1n) is 4.24. The molecular weight excluding hydrogens is 220 g/mol. The summed E-state index contributed by atoms with van der Waals surface area (Å²) >= 11 is 4.97. The Balaban J connectivity index is 4.07. The van der Waals surface area contributed by atoms with E-state index in [2.05, 4.69) is 0 Å². The largest absolute Gasteiger partial charge is 0.481 e. The monoisotopic (exact) mass is 234 g/mol. The summed E-state index contributed by atoms with van der Waals surface area (Å²) in [6, 6.07) is 0. The van der Waals surface area contributed by atoms with Crippen molar-refractivity contribution in [2.75, 3.05) is 27.2 Å². The number of hydrogen-bond donors (Lipinski definition) is 2. The van der Waals surface area contributed by atoms with Gasteiger partial charge in [-0.1, -0.05) is 0 Å². The van der Waals surface area contributed by atoms with Crippen LogP contribution < -0.4 is 0 Å². The Morgan fingerprint density at radius 2 is 1.67 bits per heavy atom. The average molecular weight is 234 g/mol. The van der Waals surface area contributed by atoms with Crippen molar-refractivity contribution >= 4 is 29.3 Å². The van der Waals surface area contributed by atoms with E-state index in [1.807, 2.05) is 0 Å². The predicted octanol–water partition coefficient (Wildman–Crippen LogP) is -0.306. The van der Waals surface area contributed by atoms with Crippen molar-refractivity contribution in [1.82, 2.24) is 9.80 Å². The zero-order valence-corrected chi connectivity index (χ0v) is 9.45. The van der Waals surface area contributed by atoms with Crippen LogP contribution in [0, 0.1) is 0 Å². The predicted molar refractivity (Wildman–Crippen MR) is 57.7 cm³/mol. The topological polar surface area (TPSA) is 81.1 Å². The highest BCUT2D eigenvalue weighted by atomic mass is 32.1. The van der Waals surface area contributed by atoms with E-state index in [0.717, 1.165) is 0 Å². The van der Waals surface area contributed by atoms with Crippen molar-refractivity contribution in [3.8, 4) is 0 Å². The Kier molecular flexibility index (Phi) is 5.61. The normalized spacial score (nSPS) is 9.47. The van der Waals surface area contributed by atoms with Gasteiger partial charge in [-0.15, -0.1) is 0 Å². The summed E-state index contributed by atoms with van der Waals surface area (Å²) < 4.78 is 0. The van der Waals surface area contributed by atoms with E-state index in [1.165, 1.54) is 9.80 Å². The molecule has 0 bridgehead atoms. The second-order valence-electron chi connectivity index (χ2n) is 3.10. The smallest absolute Gasteiger partial charge is 0.323 e. The minimum Gasteiger partial charge on any atom is -0.481 e. The van der Waals surface area contributed by atoms with Gasteiger partial charge in [0.1, 0.15) is 6.54 Å². The Bertz CT molecular complexity index is 269. The highest BCUT2D eigenvalue weighted by molar-refractivity contribution is 7.80. The zero-order valence-electron chi connectivity index (χ0n) is 8.63. The molecule has 0 aromatic carbocycles. The van der Waals surface area contributed by atoms with Gasteiger partial charge in [0.15, 0.2) is 5.11 Å². The third-order valence-corrected chi connectivity index (χ3v) is 2.31. The summed E-state index contributed by atoms with van der Waals surface area (Å²) in [4.78, 5) is 23.6. The maximum atomic E-state index is 10.4. The van der Waals surface area contributed by atoms with Crippen LogP contribution in [0.4, 0.5) is 0 Å². The Hall–Kier alpha value is -1.37. The second kappa shape index (κ2) is 6.18. The van der Waals surface area contributed by atoms with Crippen molar-refractivity contribution in [1.29, 1.82) is 0 Å². The number of nitrogens with zero attached hydrogens (tertiary/aromatic N) is 2. The number of carboxylic acid groups (broad SMARTS) is 2. The molecule has 0 amide bonds. The fourth-order valence-electron chi connectivity index (χ4n) is 0.921. The van der Waals surface area contributed by atoms with Crippen LogP contribution in [-0.4, -0.2) is 64.2 Å². The fraction of sp³-hybridized carbons (Fsp3) is 0.625. The standard InChI is InChI=1S/C8H14N2O4S/c1-9(4-3-6(11)12)8(15)10(2)5-7(13)14/h3-5H2,1-2H3,(H,11,12)(H,13,14). The number of rotatable bonds is 5. The highest BCUT2D eigenvalue weighted by Gasteiger charge is 2.13. The number of carbonyl (C=O) groups is 2. The summed E-state index contributed by atoms with van der Waals surface area (Å²) in [5, 5.41) is 17.3. The summed E-state index contributed by atoms with van der Waals surface area (Å²) in [5.41, 5.74) is 0. The second-order valence-corrected chi connectivity index (χ2v) is 3.46. The quantitative estimate of drug-likeness (QED) is 0.632. The zero-order chi connectivity index (χ0) is 12.0. The highest BCUT2D eigenvalue weighted by Crippen LogP contribution is 1.96. The van der Waals surface area contributed by atoms with Crippen molar-refractivity contribution in [2.45, 2.75) is 6.42 Å².